The summed E-state index contributed by atoms with van der Waals surface area (Å²) in [5, 5.41) is 9.22. The molecule has 2 aromatic rings. The minimum atomic E-state index is -0.959. The second kappa shape index (κ2) is 8.76. The van der Waals surface area contributed by atoms with Crippen LogP contribution in [0.3, 0.4) is 0 Å². The Morgan fingerprint density at radius 3 is 2.20 bits per heavy atom. The molecule has 1 heterocycles. The van der Waals surface area contributed by atoms with Crippen molar-refractivity contribution in [2.24, 2.45) is 0 Å². The Balaban J connectivity index is 1.53. The number of benzene rings is 2. The van der Waals surface area contributed by atoms with E-state index in [1.165, 1.54) is 0 Å². The highest BCUT2D eigenvalue weighted by Crippen LogP contribution is 2.25. The largest absolute Gasteiger partial charge is 0.479 e. The number of hydrogen-bond donors (Lipinski definition) is 1. The van der Waals surface area contributed by atoms with Gasteiger partial charge in [-0.25, -0.2) is 4.79 Å². The van der Waals surface area contributed by atoms with Crippen LogP contribution in [0.15, 0.2) is 60.7 Å². The molecule has 3 rings (SSSR count). The second-order valence-electron chi connectivity index (χ2n) is 6.07. The van der Waals surface area contributed by atoms with E-state index in [0.717, 1.165) is 11.1 Å². The molecule has 1 N–H and O–H groups in total. The summed E-state index contributed by atoms with van der Waals surface area (Å²) in [6.45, 7) is 1.19. The zero-order chi connectivity index (χ0) is 17.5. The fraction of sp³-hybridized carbons (Fsp3) is 0.350. The van der Waals surface area contributed by atoms with E-state index in [-0.39, 0.29) is 12.2 Å². The molecule has 1 fully saturated rings. The van der Waals surface area contributed by atoms with Gasteiger partial charge in [0.05, 0.1) is 25.9 Å². The molecule has 0 radical (unpaired) electrons. The van der Waals surface area contributed by atoms with Crippen LogP contribution < -0.4 is 0 Å². The summed E-state index contributed by atoms with van der Waals surface area (Å²) < 4.78 is 17.2. The van der Waals surface area contributed by atoms with Crippen molar-refractivity contribution < 1.29 is 24.1 Å². The van der Waals surface area contributed by atoms with Crippen molar-refractivity contribution in [2.75, 3.05) is 6.61 Å². The van der Waals surface area contributed by atoms with Gasteiger partial charge >= 0.3 is 5.97 Å². The van der Waals surface area contributed by atoms with Crippen LogP contribution in [0.4, 0.5) is 0 Å². The topological polar surface area (TPSA) is 65.0 Å². The predicted octanol–water partition coefficient (Wildman–Crippen LogP) is 3.03. The van der Waals surface area contributed by atoms with Crippen molar-refractivity contribution in [3.63, 3.8) is 0 Å². The SMILES string of the molecule is O=C(O)[C@@H]1C[C@H](OCc2ccccc2)[C@@H](COCc2ccccc2)O1. The second-order valence-corrected chi connectivity index (χ2v) is 6.07. The van der Waals surface area contributed by atoms with E-state index >= 15 is 0 Å². The van der Waals surface area contributed by atoms with Crippen molar-refractivity contribution in [1.29, 1.82) is 0 Å². The highest BCUT2D eigenvalue weighted by molar-refractivity contribution is 5.72. The lowest BCUT2D eigenvalue weighted by Crippen LogP contribution is -2.29. The van der Waals surface area contributed by atoms with Gasteiger partial charge in [0.1, 0.15) is 6.10 Å². The molecule has 0 spiro atoms. The zero-order valence-corrected chi connectivity index (χ0v) is 13.9. The summed E-state index contributed by atoms with van der Waals surface area (Å²) in [4.78, 5) is 11.2. The van der Waals surface area contributed by atoms with Crippen molar-refractivity contribution in [2.45, 2.75) is 37.9 Å². The zero-order valence-electron chi connectivity index (χ0n) is 13.9. The summed E-state index contributed by atoms with van der Waals surface area (Å²) in [5.41, 5.74) is 2.11. The molecule has 1 aliphatic heterocycles. The molecule has 3 atom stereocenters. The third-order valence-corrected chi connectivity index (χ3v) is 4.18. The molecule has 0 saturated carbocycles. The number of carbonyl (C=O) groups is 1. The summed E-state index contributed by atoms with van der Waals surface area (Å²) >= 11 is 0. The third-order valence-electron chi connectivity index (χ3n) is 4.18. The van der Waals surface area contributed by atoms with Crippen LogP contribution in [-0.4, -0.2) is 36.0 Å². The van der Waals surface area contributed by atoms with Crippen LogP contribution >= 0.6 is 0 Å². The van der Waals surface area contributed by atoms with E-state index in [9.17, 15) is 9.90 Å². The van der Waals surface area contributed by atoms with E-state index in [2.05, 4.69) is 0 Å². The van der Waals surface area contributed by atoms with Crippen molar-refractivity contribution >= 4 is 5.97 Å². The van der Waals surface area contributed by atoms with Gasteiger partial charge in [-0.1, -0.05) is 60.7 Å². The third kappa shape index (κ3) is 5.13. The van der Waals surface area contributed by atoms with Crippen molar-refractivity contribution in [1.82, 2.24) is 0 Å². The molecule has 0 unspecified atom stereocenters. The molecule has 25 heavy (non-hydrogen) atoms. The molecular weight excluding hydrogens is 320 g/mol. The maximum absolute atomic E-state index is 11.2. The Morgan fingerprint density at radius 2 is 1.60 bits per heavy atom. The molecule has 0 bridgehead atoms. The Labute approximate surface area is 147 Å². The van der Waals surface area contributed by atoms with Crippen molar-refractivity contribution in [3.05, 3.63) is 71.8 Å². The normalized spacial score (nSPS) is 22.8. The number of carboxylic acids is 1. The highest BCUT2D eigenvalue weighted by atomic mass is 16.6. The lowest BCUT2D eigenvalue weighted by Gasteiger charge is -2.19. The van der Waals surface area contributed by atoms with E-state index in [1.54, 1.807) is 0 Å². The first-order valence-corrected chi connectivity index (χ1v) is 8.38. The average molecular weight is 342 g/mol. The van der Waals surface area contributed by atoms with Gasteiger partial charge in [-0.2, -0.15) is 0 Å². The monoisotopic (exact) mass is 342 g/mol. The fourth-order valence-corrected chi connectivity index (χ4v) is 2.84. The van der Waals surface area contributed by atoms with Gasteiger partial charge in [0.15, 0.2) is 6.10 Å². The van der Waals surface area contributed by atoms with Crippen LogP contribution in [-0.2, 0) is 32.2 Å². The van der Waals surface area contributed by atoms with Crippen LogP contribution in [0.5, 0.6) is 0 Å². The molecule has 0 aromatic heterocycles. The van der Waals surface area contributed by atoms with Crippen LogP contribution in [0, 0.1) is 0 Å². The molecule has 1 aliphatic rings. The van der Waals surface area contributed by atoms with Gasteiger partial charge in [0, 0.05) is 6.42 Å². The lowest BCUT2D eigenvalue weighted by molar-refractivity contribution is -0.151. The Bertz CT molecular complexity index is 658. The quantitative estimate of drug-likeness (QED) is 0.799. The first-order valence-electron chi connectivity index (χ1n) is 8.38. The number of aliphatic carboxylic acids is 1. The first kappa shape index (κ1) is 17.6. The molecule has 0 amide bonds. The summed E-state index contributed by atoms with van der Waals surface area (Å²) in [6, 6.07) is 19.6. The smallest absolute Gasteiger partial charge is 0.332 e. The van der Waals surface area contributed by atoms with E-state index in [0.29, 0.717) is 26.2 Å². The lowest BCUT2D eigenvalue weighted by atomic mass is 10.1. The highest BCUT2D eigenvalue weighted by Gasteiger charge is 2.39. The van der Waals surface area contributed by atoms with E-state index < -0.39 is 12.1 Å². The number of ether oxygens (including phenoxy) is 3. The first-order chi connectivity index (χ1) is 12.2. The number of carboxylic acid groups (broad SMARTS) is 1. The minimum Gasteiger partial charge on any atom is -0.479 e. The van der Waals surface area contributed by atoms with Gasteiger partial charge in [-0.3, -0.25) is 0 Å². The summed E-state index contributed by atoms with van der Waals surface area (Å²) in [5.74, 6) is -0.959. The maximum atomic E-state index is 11.2. The molecule has 1 saturated heterocycles. The van der Waals surface area contributed by atoms with Crippen molar-refractivity contribution in [3.8, 4) is 0 Å². The van der Waals surface area contributed by atoms with Gasteiger partial charge in [0.2, 0.25) is 0 Å². The number of hydrogen-bond acceptors (Lipinski definition) is 4. The maximum Gasteiger partial charge on any atom is 0.332 e. The molecule has 5 nitrogen and oxygen atoms in total. The van der Waals surface area contributed by atoms with Gasteiger partial charge in [-0.15, -0.1) is 0 Å². The summed E-state index contributed by atoms with van der Waals surface area (Å²) in [6.07, 6.45) is -1.18. The van der Waals surface area contributed by atoms with E-state index in [4.69, 9.17) is 14.2 Å². The average Bonchev–Trinajstić information content (AvgIpc) is 3.05. The summed E-state index contributed by atoms with van der Waals surface area (Å²) in [7, 11) is 0. The molecular formula is C20H22O5. The molecule has 0 aliphatic carbocycles. The van der Waals surface area contributed by atoms with E-state index in [1.807, 2.05) is 60.7 Å². The standard InChI is InChI=1S/C20H22O5/c21-20(22)18-11-17(24-13-16-9-5-2-6-10-16)19(25-18)14-23-12-15-7-3-1-4-8-15/h1-10,17-19H,11-14H2,(H,21,22)/t17-,18-,19+/m0/s1. The molecule has 5 heteroatoms. The van der Waals surface area contributed by atoms with Crippen LogP contribution in [0.2, 0.25) is 0 Å². The van der Waals surface area contributed by atoms with Gasteiger partial charge in [0.25, 0.3) is 0 Å². The van der Waals surface area contributed by atoms with Gasteiger partial charge < -0.3 is 19.3 Å². The van der Waals surface area contributed by atoms with Gasteiger partial charge in [-0.05, 0) is 11.1 Å². The molecule has 132 valence electrons. The Morgan fingerprint density at radius 1 is 1.00 bits per heavy atom. The van der Waals surface area contributed by atoms with Crippen LogP contribution in [0.25, 0.3) is 0 Å². The fourth-order valence-electron chi connectivity index (χ4n) is 2.84. The molecule has 2 aromatic carbocycles. The van der Waals surface area contributed by atoms with Crippen LogP contribution in [0.1, 0.15) is 17.5 Å². The Kier molecular flexibility index (Phi) is 6.17. The Hall–Kier alpha value is -2.21. The number of rotatable bonds is 8. The predicted molar refractivity (Wildman–Crippen MR) is 92.0 cm³/mol. The minimum absolute atomic E-state index is 0.294.